The lowest BCUT2D eigenvalue weighted by Gasteiger charge is -2.27. The second-order valence-corrected chi connectivity index (χ2v) is 5.03. The summed E-state index contributed by atoms with van der Waals surface area (Å²) < 4.78 is 0. The Hall–Kier alpha value is -0.0400. The van der Waals surface area contributed by atoms with Crippen LogP contribution in [0.25, 0.3) is 0 Å². The molecule has 0 unspecified atom stereocenters. The topological polar surface area (TPSA) is 3.24 Å². The van der Waals surface area contributed by atoms with E-state index >= 15 is 0 Å². The Morgan fingerprint density at radius 1 is 1.25 bits per heavy atom. The number of likely N-dealkylation sites (tertiary alicyclic amines) is 1. The van der Waals surface area contributed by atoms with Crippen LogP contribution in [0.15, 0.2) is 0 Å². The van der Waals surface area contributed by atoms with Crippen LogP contribution in [0, 0.1) is 17.8 Å². The SMILES string of the molecule is CC(C)[C@H]1[C@@H]2CCC[C@@H]2CN1C. The van der Waals surface area contributed by atoms with Crippen LogP contribution in [0.5, 0.6) is 0 Å². The number of hydrogen-bond donors (Lipinski definition) is 0. The molecule has 1 heteroatoms. The van der Waals surface area contributed by atoms with Gasteiger partial charge in [-0.25, -0.2) is 0 Å². The molecule has 0 bridgehead atoms. The first-order chi connectivity index (χ1) is 5.70. The zero-order valence-electron chi connectivity index (χ0n) is 8.59. The van der Waals surface area contributed by atoms with E-state index in [9.17, 15) is 0 Å². The summed E-state index contributed by atoms with van der Waals surface area (Å²) in [7, 11) is 2.31. The third-order valence-corrected chi connectivity index (χ3v) is 3.87. The fourth-order valence-electron chi connectivity index (χ4n) is 3.56. The smallest absolute Gasteiger partial charge is 0.0147 e. The number of fused-ring (bicyclic) bond motifs is 1. The van der Waals surface area contributed by atoms with Gasteiger partial charge in [-0.2, -0.15) is 0 Å². The Kier molecular flexibility index (Phi) is 2.16. The van der Waals surface area contributed by atoms with Crippen molar-refractivity contribution in [1.29, 1.82) is 0 Å². The molecule has 0 aromatic heterocycles. The largest absolute Gasteiger partial charge is 0.303 e. The van der Waals surface area contributed by atoms with E-state index < -0.39 is 0 Å². The van der Waals surface area contributed by atoms with Gasteiger partial charge in [0.25, 0.3) is 0 Å². The third kappa shape index (κ3) is 1.19. The molecule has 1 saturated carbocycles. The average molecular weight is 167 g/mol. The maximum absolute atomic E-state index is 2.60. The van der Waals surface area contributed by atoms with Gasteiger partial charge >= 0.3 is 0 Å². The van der Waals surface area contributed by atoms with Gasteiger partial charge in [0.2, 0.25) is 0 Å². The molecule has 1 aliphatic heterocycles. The van der Waals surface area contributed by atoms with E-state index in [4.69, 9.17) is 0 Å². The molecule has 1 aliphatic carbocycles. The van der Waals surface area contributed by atoms with E-state index in [1.165, 1.54) is 25.8 Å². The Labute approximate surface area is 76.1 Å². The first-order valence-corrected chi connectivity index (χ1v) is 5.40. The molecule has 3 atom stereocenters. The fraction of sp³-hybridized carbons (Fsp3) is 1.00. The molecular weight excluding hydrogens is 146 g/mol. The number of nitrogens with zero attached hydrogens (tertiary/aromatic N) is 1. The van der Waals surface area contributed by atoms with E-state index in [0.29, 0.717) is 0 Å². The molecule has 1 heterocycles. The molecule has 1 nitrogen and oxygen atoms in total. The van der Waals surface area contributed by atoms with Crippen LogP contribution in [-0.2, 0) is 0 Å². The van der Waals surface area contributed by atoms with Gasteiger partial charge in [0.1, 0.15) is 0 Å². The minimum Gasteiger partial charge on any atom is -0.303 e. The minimum atomic E-state index is 0.850. The quantitative estimate of drug-likeness (QED) is 0.579. The highest BCUT2D eigenvalue weighted by atomic mass is 15.2. The van der Waals surface area contributed by atoms with Crippen molar-refractivity contribution in [2.24, 2.45) is 17.8 Å². The molecule has 0 aromatic carbocycles. The molecule has 2 fully saturated rings. The van der Waals surface area contributed by atoms with Gasteiger partial charge in [-0.3, -0.25) is 0 Å². The van der Waals surface area contributed by atoms with Crippen LogP contribution < -0.4 is 0 Å². The molecule has 2 rings (SSSR count). The Bertz CT molecular complexity index is 164. The third-order valence-electron chi connectivity index (χ3n) is 3.87. The highest BCUT2D eigenvalue weighted by Gasteiger charge is 2.43. The van der Waals surface area contributed by atoms with Gasteiger partial charge in [0, 0.05) is 12.6 Å². The van der Waals surface area contributed by atoms with Crippen LogP contribution >= 0.6 is 0 Å². The summed E-state index contributed by atoms with van der Waals surface area (Å²) in [5, 5.41) is 0. The maximum Gasteiger partial charge on any atom is 0.0147 e. The van der Waals surface area contributed by atoms with Crippen LogP contribution in [-0.4, -0.2) is 24.5 Å². The van der Waals surface area contributed by atoms with Crippen molar-refractivity contribution in [3.05, 3.63) is 0 Å². The van der Waals surface area contributed by atoms with Gasteiger partial charge in [-0.05, 0) is 37.6 Å². The average Bonchev–Trinajstić information content (AvgIpc) is 2.44. The Morgan fingerprint density at radius 3 is 2.67 bits per heavy atom. The van der Waals surface area contributed by atoms with E-state index in [1.807, 2.05) is 0 Å². The van der Waals surface area contributed by atoms with Crippen molar-refractivity contribution in [3.63, 3.8) is 0 Å². The van der Waals surface area contributed by atoms with Crippen molar-refractivity contribution >= 4 is 0 Å². The van der Waals surface area contributed by atoms with Crippen LogP contribution in [0.1, 0.15) is 33.1 Å². The zero-order valence-corrected chi connectivity index (χ0v) is 8.59. The zero-order chi connectivity index (χ0) is 8.72. The van der Waals surface area contributed by atoms with Crippen molar-refractivity contribution < 1.29 is 0 Å². The highest BCUT2D eigenvalue weighted by Crippen LogP contribution is 2.43. The van der Waals surface area contributed by atoms with Gasteiger partial charge in [0.05, 0.1) is 0 Å². The molecule has 0 spiro atoms. The Balaban J connectivity index is 2.10. The second kappa shape index (κ2) is 3.02. The molecule has 0 amide bonds. The predicted molar refractivity (Wildman–Crippen MR) is 52.1 cm³/mol. The van der Waals surface area contributed by atoms with Crippen molar-refractivity contribution in [2.75, 3.05) is 13.6 Å². The van der Waals surface area contributed by atoms with E-state index in [1.54, 1.807) is 0 Å². The molecule has 0 N–H and O–H groups in total. The van der Waals surface area contributed by atoms with E-state index in [-0.39, 0.29) is 0 Å². The number of hydrogen-bond acceptors (Lipinski definition) is 1. The van der Waals surface area contributed by atoms with Crippen LogP contribution in [0.2, 0.25) is 0 Å². The first kappa shape index (κ1) is 8.55. The monoisotopic (exact) mass is 167 g/mol. The first-order valence-electron chi connectivity index (χ1n) is 5.40. The molecule has 1 saturated heterocycles. The van der Waals surface area contributed by atoms with Crippen molar-refractivity contribution in [3.8, 4) is 0 Å². The van der Waals surface area contributed by atoms with Crippen LogP contribution in [0.4, 0.5) is 0 Å². The summed E-state index contributed by atoms with van der Waals surface area (Å²) in [4.78, 5) is 2.60. The lowest BCUT2D eigenvalue weighted by Crippen LogP contribution is -2.33. The van der Waals surface area contributed by atoms with Gasteiger partial charge in [0.15, 0.2) is 0 Å². The fourth-order valence-corrected chi connectivity index (χ4v) is 3.56. The lowest BCUT2D eigenvalue weighted by atomic mass is 9.87. The Morgan fingerprint density at radius 2 is 2.00 bits per heavy atom. The molecule has 70 valence electrons. The molecule has 0 radical (unpaired) electrons. The second-order valence-electron chi connectivity index (χ2n) is 5.03. The molecule has 2 aliphatic rings. The maximum atomic E-state index is 2.60. The summed E-state index contributed by atoms with van der Waals surface area (Å²) in [5.74, 6) is 2.93. The predicted octanol–water partition coefficient (Wildman–Crippen LogP) is 2.37. The summed E-state index contributed by atoms with van der Waals surface area (Å²) in [6.07, 6.45) is 4.49. The summed E-state index contributed by atoms with van der Waals surface area (Å²) in [6, 6.07) is 0.887. The van der Waals surface area contributed by atoms with Gasteiger partial charge in [-0.15, -0.1) is 0 Å². The van der Waals surface area contributed by atoms with Gasteiger partial charge in [-0.1, -0.05) is 20.3 Å². The van der Waals surface area contributed by atoms with Crippen molar-refractivity contribution in [1.82, 2.24) is 4.90 Å². The van der Waals surface area contributed by atoms with E-state index in [2.05, 4.69) is 25.8 Å². The summed E-state index contributed by atoms with van der Waals surface area (Å²) in [6.45, 7) is 6.12. The minimum absolute atomic E-state index is 0.850. The normalized spacial score (nSPS) is 42.5. The summed E-state index contributed by atoms with van der Waals surface area (Å²) >= 11 is 0. The number of rotatable bonds is 1. The van der Waals surface area contributed by atoms with E-state index in [0.717, 1.165) is 23.8 Å². The van der Waals surface area contributed by atoms with Crippen molar-refractivity contribution in [2.45, 2.75) is 39.2 Å². The lowest BCUT2D eigenvalue weighted by molar-refractivity contribution is 0.207. The molecule has 0 aromatic rings. The molecule has 12 heavy (non-hydrogen) atoms. The summed E-state index contributed by atoms with van der Waals surface area (Å²) in [5.41, 5.74) is 0. The highest BCUT2D eigenvalue weighted by molar-refractivity contribution is 4.96. The molecular formula is C11H21N. The van der Waals surface area contributed by atoms with Crippen LogP contribution in [0.3, 0.4) is 0 Å². The standard InChI is InChI=1S/C11H21N/c1-8(2)11-10-6-4-5-9(10)7-12(11)3/h8-11H,4-7H2,1-3H3/t9-,10-,11+/m1/s1. The van der Waals surface area contributed by atoms with Gasteiger partial charge < -0.3 is 4.90 Å².